The Morgan fingerprint density at radius 3 is 3.00 bits per heavy atom. The first-order valence-electron chi connectivity index (χ1n) is 4.73. The number of fused-ring (bicyclic) bond motifs is 1. The summed E-state index contributed by atoms with van der Waals surface area (Å²) >= 11 is 0. The van der Waals surface area contributed by atoms with Crippen LogP contribution in [0, 0.1) is 12.7 Å². The maximum Gasteiger partial charge on any atom is 0.126 e. The molecule has 1 unspecified atom stereocenters. The summed E-state index contributed by atoms with van der Waals surface area (Å²) in [4.78, 5) is 0. The van der Waals surface area contributed by atoms with Crippen LogP contribution in [0.4, 0.5) is 10.1 Å². The highest BCUT2D eigenvalue weighted by molar-refractivity contribution is 5.57. The molecule has 1 heterocycles. The Hall–Kier alpha value is -1.05. The Labute approximate surface area is 78.0 Å². The normalized spacial score (nSPS) is 20.7. The van der Waals surface area contributed by atoms with Crippen molar-refractivity contribution in [2.24, 2.45) is 0 Å². The highest BCUT2D eigenvalue weighted by Crippen LogP contribution is 2.28. The second-order valence-corrected chi connectivity index (χ2v) is 3.78. The number of anilines is 1. The van der Waals surface area contributed by atoms with Gasteiger partial charge in [-0.05, 0) is 49.9 Å². The van der Waals surface area contributed by atoms with Crippen molar-refractivity contribution in [3.63, 3.8) is 0 Å². The molecule has 1 N–H and O–H groups in total. The summed E-state index contributed by atoms with van der Waals surface area (Å²) in [5.41, 5.74) is 3.06. The van der Waals surface area contributed by atoms with Crippen LogP contribution in [0.2, 0.25) is 0 Å². The molecule has 0 aromatic heterocycles. The van der Waals surface area contributed by atoms with Gasteiger partial charge in [-0.15, -0.1) is 0 Å². The van der Waals surface area contributed by atoms with E-state index in [0.29, 0.717) is 6.04 Å². The third-order valence-corrected chi connectivity index (χ3v) is 2.76. The van der Waals surface area contributed by atoms with Gasteiger partial charge in [0.25, 0.3) is 0 Å². The number of nitrogens with one attached hydrogen (secondary N) is 1. The predicted octanol–water partition coefficient (Wildman–Crippen LogP) is 2.88. The second-order valence-electron chi connectivity index (χ2n) is 3.78. The zero-order valence-corrected chi connectivity index (χ0v) is 8.02. The Balaban J connectivity index is 2.47. The second kappa shape index (κ2) is 3.02. The maximum atomic E-state index is 13.2. The summed E-state index contributed by atoms with van der Waals surface area (Å²) in [6, 6.07) is 3.89. The molecule has 70 valence electrons. The molecule has 2 heteroatoms. The fourth-order valence-corrected chi connectivity index (χ4v) is 1.88. The van der Waals surface area contributed by atoms with E-state index >= 15 is 0 Å². The van der Waals surface area contributed by atoms with E-state index in [-0.39, 0.29) is 5.82 Å². The van der Waals surface area contributed by atoms with Gasteiger partial charge in [-0.25, -0.2) is 4.39 Å². The smallest absolute Gasteiger partial charge is 0.126 e. The Morgan fingerprint density at radius 1 is 1.46 bits per heavy atom. The first-order valence-corrected chi connectivity index (χ1v) is 4.73. The van der Waals surface area contributed by atoms with Gasteiger partial charge in [0, 0.05) is 11.7 Å². The van der Waals surface area contributed by atoms with Crippen molar-refractivity contribution in [3.05, 3.63) is 29.1 Å². The number of rotatable bonds is 0. The molecule has 2 rings (SSSR count). The van der Waals surface area contributed by atoms with E-state index < -0.39 is 0 Å². The fraction of sp³-hybridized carbons (Fsp3) is 0.455. The summed E-state index contributed by atoms with van der Waals surface area (Å²) in [6.07, 6.45) is 2.09. The molecular weight excluding hydrogens is 165 g/mol. The van der Waals surface area contributed by atoms with Crippen molar-refractivity contribution >= 4 is 5.69 Å². The monoisotopic (exact) mass is 179 g/mol. The van der Waals surface area contributed by atoms with E-state index in [1.54, 1.807) is 6.07 Å². The molecule has 0 radical (unpaired) electrons. The third-order valence-electron chi connectivity index (χ3n) is 2.76. The number of hydrogen-bond donors (Lipinski definition) is 1. The van der Waals surface area contributed by atoms with Gasteiger partial charge in [0.2, 0.25) is 0 Å². The number of benzene rings is 1. The van der Waals surface area contributed by atoms with Crippen molar-refractivity contribution in [1.82, 2.24) is 0 Å². The molecule has 1 aliphatic rings. The van der Waals surface area contributed by atoms with Crippen LogP contribution in [0.25, 0.3) is 0 Å². The van der Waals surface area contributed by atoms with Crippen LogP contribution in [0.3, 0.4) is 0 Å². The maximum absolute atomic E-state index is 13.2. The van der Waals surface area contributed by atoms with Gasteiger partial charge < -0.3 is 5.32 Å². The van der Waals surface area contributed by atoms with Crippen molar-refractivity contribution < 1.29 is 4.39 Å². The molecule has 1 aliphatic heterocycles. The lowest BCUT2D eigenvalue weighted by Crippen LogP contribution is -2.22. The molecule has 0 aliphatic carbocycles. The summed E-state index contributed by atoms with van der Waals surface area (Å²) < 4.78 is 13.2. The van der Waals surface area contributed by atoms with E-state index in [9.17, 15) is 4.39 Å². The number of halogens is 1. The standard InChI is InChI=1S/C11H14FN/c1-7-3-4-9-8(2)10(12)5-6-11(9)13-7/h5-7,13H,3-4H2,1-2H3. The Kier molecular flexibility index (Phi) is 1.98. The molecule has 1 atom stereocenters. The van der Waals surface area contributed by atoms with Crippen LogP contribution in [0.15, 0.2) is 12.1 Å². The summed E-state index contributed by atoms with van der Waals surface area (Å²) in [6.45, 7) is 4.01. The molecule has 13 heavy (non-hydrogen) atoms. The predicted molar refractivity (Wildman–Crippen MR) is 52.5 cm³/mol. The number of hydrogen-bond acceptors (Lipinski definition) is 1. The van der Waals surface area contributed by atoms with E-state index in [0.717, 1.165) is 29.7 Å². The molecule has 0 saturated carbocycles. The Bertz CT molecular complexity index is 333. The first kappa shape index (κ1) is 8.54. The van der Waals surface area contributed by atoms with Crippen LogP contribution in [0.5, 0.6) is 0 Å². The summed E-state index contributed by atoms with van der Waals surface area (Å²) in [5, 5.41) is 3.36. The van der Waals surface area contributed by atoms with Crippen molar-refractivity contribution in [2.45, 2.75) is 32.7 Å². The zero-order chi connectivity index (χ0) is 9.42. The van der Waals surface area contributed by atoms with Gasteiger partial charge in [0.15, 0.2) is 0 Å². The average molecular weight is 179 g/mol. The molecule has 0 fully saturated rings. The van der Waals surface area contributed by atoms with Gasteiger partial charge in [0.05, 0.1) is 0 Å². The van der Waals surface area contributed by atoms with Crippen LogP contribution in [-0.4, -0.2) is 6.04 Å². The minimum Gasteiger partial charge on any atom is -0.382 e. The zero-order valence-electron chi connectivity index (χ0n) is 8.02. The largest absolute Gasteiger partial charge is 0.382 e. The quantitative estimate of drug-likeness (QED) is 0.645. The van der Waals surface area contributed by atoms with Crippen molar-refractivity contribution in [2.75, 3.05) is 5.32 Å². The molecule has 1 aromatic carbocycles. The van der Waals surface area contributed by atoms with E-state index in [1.807, 2.05) is 13.0 Å². The molecule has 0 amide bonds. The SMILES string of the molecule is Cc1c(F)ccc2c1CCC(C)N2. The van der Waals surface area contributed by atoms with Gasteiger partial charge in [0.1, 0.15) is 5.82 Å². The lowest BCUT2D eigenvalue weighted by atomic mass is 9.95. The molecule has 1 aromatic rings. The molecular formula is C11H14FN. The minimum atomic E-state index is -0.0879. The van der Waals surface area contributed by atoms with Crippen LogP contribution < -0.4 is 5.32 Å². The fourth-order valence-electron chi connectivity index (χ4n) is 1.88. The lowest BCUT2D eigenvalue weighted by Gasteiger charge is -2.25. The highest BCUT2D eigenvalue weighted by Gasteiger charge is 2.16. The topological polar surface area (TPSA) is 12.0 Å². The molecule has 0 bridgehead atoms. The van der Waals surface area contributed by atoms with Crippen LogP contribution >= 0.6 is 0 Å². The van der Waals surface area contributed by atoms with Crippen LogP contribution in [0.1, 0.15) is 24.5 Å². The van der Waals surface area contributed by atoms with E-state index in [4.69, 9.17) is 0 Å². The molecule has 0 saturated heterocycles. The Morgan fingerprint density at radius 2 is 2.23 bits per heavy atom. The van der Waals surface area contributed by atoms with Gasteiger partial charge in [-0.1, -0.05) is 0 Å². The van der Waals surface area contributed by atoms with Crippen LogP contribution in [-0.2, 0) is 6.42 Å². The average Bonchev–Trinajstić information content (AvgIpc) is 2.12. The third kappa shape index (κ3) is 1.41. The van der Waals surface area contributed by atoms with Crippen molar-refractivity contribution in [3.8, 4) is 0 Å². The minimum absolute atomic E-state index is 0.0879. The first-order chi connectivity index (χ1) is 6.18. The highest BCUT2D eigenvalue weighted by atomic mass is 19.1. The van der Waals surface area contributed by atoms with Gasteiger partial charge >= 0.3 is 0 Å². The van der Waals surface area contributed by atoms with Gasteiger partial charge in [-0.3, -0.25) is 0 Å². The van der Waals surface area contributed by atoms with E-state index in [1.165, 1.54) is 0 Å². The summed E-state index contributed by atoms with van der Waals surface area (Å²) in [7, 11) is 0. The van der Waals surface area contributed by atoms with Gasteiger partial charge in [-0.2, -0.15) is 0 Å². The van der Waals surface area contributed by atoms with E-state index in [2.05, 4.69) is 12.2 Å². The molecule has 0 spiro atoms. The van der Waals surface area contributed by atoms with Crippen molar-refractivity contribution in [1.29, 1.82) is 0 Å². The summed E-state index contributed by atoms with van der Waals surface area (Å²) in [5.74, 6) is -0.0879. The lowest BCUT2D eigenvalue weighted by molar-refractivity contribution is 0.607. The molecule has 1 nitrogen and oxygen atoms in total.